The summed E-state index contributed by atoms with van der Waals surface area (Å²) in [6.07, 6.45) is 0. The van der Waals surface area contributed by atoms with E-state index in [2.05, 4.69) is 98.8 Å². The van der Waals surface area contributed by atoms with E-state index in [1.807, 2.05) is 0 Å². The van der Waals surface area contributed by atoms with E-state index >= 15 is 0 Å². The molecule has 0 N–H and O–H groups in total. The van der Waals surface area contributed by atoms with E-state index < -0.39 is 0 Å². The molecule has 0 fully saturated rings. The summed E-state index contributed by atoms with van der Waals surface area (Å²) < 4.78 is 8.42. The Kier molecular flexibility index (Phi) is 4.59. The van der Waals surface area contributed by atoms with E-state index in [9.17, 15) is 0 Å². The van der Waals surface area contributed by atoms with E-state index in [1.165, 1.54) is 56.2 Å². The van der Waals surface area contributed by atoms with Gasteiger partial charge in [-0.2, -0.15) is 8.75 Å². The SMILES string of the molecule is Cc1ccc(C)c2nsnc12.Cc1ccc2c(c1)C(C)(C)c1cc(C)ccc1-2. The number of hydrogen-bond acceptors (Lipinski definition) is 3. The molecule has 1 aromatic heterocycles. The minimum absolute atomic E-state index is 0.142. The highest BCUT2D eigenvalue weighted by Gasteiger charge is 2.35. The number of rotatable bonds is 0. The second kappa shape index (κ2) is 6.82. The number of benzene rings is 3. The second-order valence-corrected chi connectivity index (χ2v) is 8.91. The number of nitrogens with zero attached hydrogens (tertiary/aromatic N) is 2. The second-order valence-electron chi connectivity index (χ2n) is 8.38. The van der Waals surface area contributed by atoms with Crippen LogP contribution in [0.5, 0.6) is 0 Å². The maximum Gasteiger partial charge on any atom is 0.107 e. The van der Waals surface area contributed by atoms with Crippen LogP contribution in [-0.2, 0) is 5.41 Å². The Morgan fingerprint density at radius 1 is 0.643 bits per heavy atom. The van der Waals surface area contributed by atoms with Crippen LogP contribution in [0, 0.1) is 27.7 Å². The van der Waals surface area contributed by atoms with Gasteiger partial charge in [0.15, 0.2) is 0 Å². The molecule has 28 heavy (non-hydrogen) atoms. The van der Waals surface area contributed by atoms with Crippen LogP contribution in [0.1, 0.15) is 47.2 Å². The highest BCUT2D eigenvalue weighted by Crippen LogP contribution is 2.48. The van der Waals surface area contributed by atoms with Crippen molar-refractivity contribution in [2.24, 2.45) is 0 Å². The van der Waals surface area contributed by atoms with Gasteiger partial charge in [0.1, 0.15) is 11.0 Å². The van der Waals surface area contributed by atoms with E-state index in [0.29, 0.717) is 0 Å². The summed E-state index contributed by atoms with van der Waals surface area (Å²) in [4.78, 5) is 0. The summed E-state index contributed by atoms with van der Waals surface area (Å²) in [7, 11) is 0. The standard InChI is InChI=1S/C17H18.C8H8N2S/c1-11-5-7-13-14-8-6-12(2)10-16(14)17(3,4)15(13)9-11;1-5-3-4-6(2)8-7(5)9-11-10-8/h5-10H,1-4H3;3-4H,1-2H3. The predicted molar refractivity (Wildman–Crippen MR) is 120 cm³/mol. The Hall–Kier alpha value is -2.52. The van der Waals surface area contributed by atoms with E-state index in [-0.39, 0.29) is 5.41 Å². The molecule has 0 spiro atoms. The molecule has 1 heterocycles. The normalized spacial score (nSPS) is 13.6. The summed E-state index contributed by atoms with van der Waals surface area (Å²) in [6, 6.07) is 17.8. The summed E-state index contributed by atoms with van der Waals surface area (Å²) in [6.45, 7) is 13.1. The molecule has 0 aliphatic heterocycles. The lowest BCUT2D eigenvalue weighted by Crippen LogP contribution is -2.15. The third kappa shape index (κ3) is 3.04. The predicted octanol–water partition coefficient (Wildman–Crippen LogP) is 6.92. The molecule has 0 atom stereocenters. The van der Waals surface area contributed by atoms with Gasteiger partial charge in [-0.15, -0.1) is 0 Å². The third-order valence-electron chi connectivity index (χ3n) is 5.81. The lowest BCUT2D eigenvalue weighted by molar-refractivity contribution is 0.659. The molecule has 142 valence electrons. The smallest absolute Gasteiger partial charge is 0.107 e. The van der Waals surface area contributed by atoms with Crippen LogP contribution in [0.4, 0.5) is 0 Å². The van der Waals surface area contributed by atoms with Crippen LogP contribution in [0.2, 0.25) is 0 Å². The van der Waals surface area contributed by atoms with Crippen LogP contribution < -0.4 is 0 Å². The Bertz CT molecular complexity index is 1100. The van der Waals surface area contributed by atoms with Crippen molar-refractivity contribution in [1.29, 1.82) is 0 Å². The van der Waals surface area contributed by atoms with Gasteiger partial charge in [0, 0.05) is 5.41 Å². The van der Waals surface area contributed by atoms with Crippen molar-refractivity contribution < 1.29 is 0 Å². The lowest BCUT2D eigenvalue weighted by atomic mass is 9.81. The molecule has 1 aliphatic rings. The van der Waals surface area contributed by atoms with Gasteiger partial charge >= 0.3 is 0 Å². The number of aryl methyl sites for hydroxylation is 4. The summed E-state index contributed by atoms with van der Waals surface area (Å²) in [5, 5.41) is 0. The maximum atomic E-state index is 4.21. The number of fused-ring (bicyclic) bond motifs is 4. The first-order chi connectivity index (χ1) is 13.3. The van der Waals surface area contributed by atoms with Gasteiger partial charge in [-0.05, 0) is 61.1 Å². The Balaban J connectivity index is 0.000000151. The molecule has 0 saturated heterocycles. The summed E-state index contributed by atoms with van der Waals surface area (Å²) in [5.74, 6) is 0. The van der Waals surface area contributed by atoms with Crippen molar-refractivity contribution in [1.82, 2.24) is 8.75 Å². The Labute approximate surface area is 171 Å². The van der Waals surface area contributed by atoms with Crippen LogP contribution in [0.15, 0.2) is 48.5 Å². The van der Waals surface area contributed by atoms with Crippen LogP contribution >= 0.6 is 11.7 Å². The zero-order valence-corrected chi connectivity index (χ0v) is 18.2. The van der Waals surface area contributed by atoms with E-state index in [4.69, 9.17) is 0 Å². The molecule has 5 rings (SSSR count). The molecular formula is C25H26N2S. The topological polar surface area (TPSA) is 25.8 Å². The Morgan fingerprint density at radius 2 is 1.07 bits per heavy atom. The van der Waals surface area contributed by atoms with E-state index in [0.717, 1.165) is 11.0 Å². The number of hydrogen-bond donors (Lipinski definition) is 0. The van der Waals surface area contributed by atoms with Gasteiger partial charge in [0.05, 0.1) is 11.7 Å². The average Bonchev–Trinajstić information content (AvgIpc) is 3.23. The van der Waals surface area contributed by atoms with Gasteiger partial charge in [0.2, 0.25) is 0 Å². The molecule has 0 saturated carbocycles. The van der Waals surface area contributed by atoms with Crippen molar-refractivity contribution in [3.63, 3.8) is 0 Å². The van der Waals surface area contributed by atoms with Crippen LogP contribution in [0.3, 0.4) is 0 Å². The highest BCUT2D eigenvalue weighted by molar-refractivity contribution is 7.00. The van der Waals surface area contributed by atoms with Crippen molar-refractivity contribution >= 4 is 22.8 Å². The molecule has 3 heteroatoms. The molecule has 0 radical (unpaired) electrons. The van der Waals surface area contributed by atoms with Crippen LogP contribution in [-0.4, -0.2) is 8.75 Å². The fraction of sp³-hybridized carbons (Fsp3) is 0.280. The first-order valence-corrected chi connectivity index (χ1v) is 10.4. The first kappa shape index (κ1) is 18.8. The van der Waals surface area contributed by atoms with Gasteiger partial charge in [0.25, 0.3) is 0 Å². The average molecular weight is 387 g/mol. The highest BCUT2D eigenvalue weighted by atomic mass is 32.1. The lowest BCUT2D eigenvalue weighted by Gasteiger charge is -2.22. The summed E-state index contributed by atoms with van der Waals surface area (Å²) >= 11 is 1.28. The molecule has 1 aliphatic carbocycles. The minimum atomic E-state index is 0.142. The quantitative estimate of drug-likeness (QED) is 0.328. The van der Waals surface area contributed by atoms with Gasteiger partial charge in [-0.1, -0.05) is 73.5 Å². The molecule has 0 bridgehead atoms. The van der Waals surface area contributed by atoms with Crippen molar-refractivity contribution in [3.05, 3.63) is 81.9 Å². The van der Waals surface area contributed by atoms with Crippen molar-refractivity contribution in [2.75, 3.05) is 0 Å². The monoisotopic (exact) mass is 386 g/mol. The fourth-order valence-corrected chi connectivity index (χ4v) is 4.74. The largest absolute Gasteiger partial charge is 0.173 e. The molecule has 2 nitrogen and oxygen atoms in total. The maximum absolute atomic E-state index is 4.21. The molecule has 3 aromatic carbocycles. The van der Waals surface area contributed by atoms with Crippen molar-refractivity contribution in [2.45, 2.75) is 47.0 Å². The van der Waals surface area contributed by atoms with E-state index in [1.54, 1.807) is 0 Å². The molecule has 4 aromatic rings. The van der Waals surface area contributed by atoms with Crippen molar-refractivity contribution in [3.8, 4) is 11.1 Å². The zero-order chi connectivity index (χ0) is 20.1. The van der Waals surface area contributed by atoms with Crippen LogP contribution in [0.25, 0.3) is 22.2 Å². The molecular weight excluding hydrogens is 360 g/mol. The minimum Gasteiger partial charge on any atom is -0.173 e. The number of aromatic nitrogens is 2. The van der Waals surface area contributed by atoms with Gasteiger partial charge < -0.3 is 0 Å². The summed E-state index contributed by atoms with van der Waals surface area (Å²) in [5.41, 5.74) is 13.1. The fourth-order valence-electron chi connectivity index (χ4n) is 4.08. The molecule has 0 unspecified atom stereocenters. The first-order valence-electron chi connectivity index (χ1n) is 9.70. The third-order valence-corrected chi connectivity index (χ3v) is 6.33. The molecule has 0 amide bonds. The van der Waals surface area contributed by atoms with Gasteiger partial charge in [-0.25, -0.2) is 0 Å². The van der Waals surface area contributed by atoms with Gasteiger partial charge in [-0.3, -0.25) is 0 Å². The Morgan fingerprint density at radius 3 is 1.50 bits per heavy atom. The zero-order valence-electron chi connectivity index (χ0n) is 17.4.